The predicted molar refractivity (Wildman–Crippen MR) is 81.3 cm³/mol. The molecule has 5 nitrogen and oxygen atoms in total. The van der Waals surface area contributed by atoms with Gasteiger partial charge in [-0.2, -0.15) is 5.10 Å². The molecule has 1 aliphatic heterocycles. The van der Waals surface area contributed by atoms with Crippen molar-refractivity contribution in [3.8, 4) is 5.69 Å². The standard InChI is InChI=1S/C16H20N4O/c21-16(19-14-8-9-17-11-14)7-6-13-10-18-20(12-13)15-4-2-1-3-5-15/h1-5,10,12,14,17H,6-9,11H2,(H,19,21). The molecule has 2 aromatic rings. The molecule has 0 radical (unpaired) electrons. The van der Waals surface area contributed by atoms with Crippen LogP contribution in [0.25, 0.3) is 5.69 Å². The minimum Gasteiger partial charge on any atom is -0.352 e. The normalized spacial score (nSPS) is 17.8. The number of carbonyl (C=O) groups is 1. The first-order valence-corrected chi connectivity index (χ1v) is 7.40. The zero-order valence-electron chi connectivity index (χ0n) is 12.0. The van der Waals surface area contributed by atoms with E-state index >= 15 is 0 Å². The number of nitrogens with one attached hydrogen (secondary N) is 2. The Balaban J connectivity index is 1.51. The maximum Gasteiger partial charge on any atom is 0.220 e. The molecule has 2 heterocycles. The second-order valence-corrected chi connectivity index (χ2v) is 5.39. The fourth-order valence-corrected chi connectivity index (χ4v) is 2.55. The number of amides is 1. The summed E-state index contributed by atoms with van der Waals surface area (Å²) >= 11 is 0. The summed E-state index contributed by atoms with van der Waals surface area (Å²) in [4.78, 5) is 11.9. The predicted octanol–water partition coefficient (Wildman–Crippen LogP) is 1.28. The first-order chi connectivity index (χ1) is 10.3. The first-order valence-electron chi connectivity index (χ1n) is 7.40. The molecule has 0 bridgehead atoms. The summed E-state index contributed by atoms with van der Waals surface area (Å²) in [5, 5.41) is 10.6. The van der Waals surface area contributed by atoms with Crippen LogP contribution in [0.2, 0.25) is 0 Å². The van der Waals surface area contributed by atoms with Crippen LogP contribution in [0.5, 0.6) is 0 Å². The third-order valence-electron chi connectivity index (χ3n) is 3.72. The van der Waals surface area contributed by atoms with Gasteiger partial charge in [-0.25, -0.2) is 4.68 Å². The van der Waals surface area contributed by atoms with Gasteiger partial charge in [-0.3, -0.25) is 4.79 Å². The quantitative estimate of drug-likeness (QED) is 0.869. The van der Waals surface area contributed by atoms with Crippen LogP contribution in [0.15, 0.2) is 42.7 Å². The van der Waals surface area contributed by atoms with Crippen LogP contribution < -0.4 is 10.6 Å². The zero-order chi connectivity index (χ0) is 14.5. The Kier molecular flexibility index (Phi) is 4.31. The average molecular weight is 284 g/mol. The van der Waals surface area contributed by atoms with E-state index < -0.39 is 0 Å². The van der Waals surface area contributed by atoms with E-state index in [0.717, 1.165) is 37.2 Å². The van der Waals surface area contributed by atoms with E-state index in [9.17, 15) is 4.79 Å². The lowest BCUT2D eigenvalue weighted by Gasteiger charge is -2.10. The lowest BCUT2D eigenvalue weighted by atomic mass is 10.2. The van der Waals surface area contributed by atoms with Gasteiger partial charge in [-0.15, -0.1) is 0 Å². The van der Waals surface area contributed by atoms with Crippen molar-refractivity contribution in [2.45, 2.75) is 25.3 Å². The number of hydrogen-bond donors (Lipinski definition) is 2. The van der Waals surface area contributed by atoms with Crippen LogP contribution in [0, 0.1) is 0 Å². The Morgan fingerprint density at radius 3 is 3.00 bits per heavy atom. The lowest BCUT2D eigenvalue weighted by Crippen LogP contribution is -2.36. The van der Waals surface area contributed by atoms with Crippen molar-refractivity contribution >= 4 is 5.91 Å². The first kappa shape index (κ1) is 13.8. The minimum atomic E-state index is 0.121. The molecule has 0 aliphatic carbocycles. The number of rotatable bonds is 5. The topological polar surface area (TPSA) is 59.0 Å². The maximum atomic E-state index is 11.9. The number of para-hydroxylation sites is 1. The minimum absolute atomic E-state index is 0.121. The Hall–Kier alpha value is -2.14. The highest BCUT2D eigenvalue weighted by atomic mass is 16.1. The molecule has 1 atom stereocenters. The fraction of sp³-hybridized carbons (Fsp3) is 0.375. The van der Waals surface area contributed by atoms with Gasteiger partial charge in [0, 0.05) is 25.2 Å². The molecule has 2 N–H and O–H groups in total. The number of nitrogens with zero attached hydrogens (tertiary/aromatic N) is 2. The fourth-order valence-electron chi connectivity index (χ4n) is 2.55. The third-order valence-corrected chi connectivity index (χ3v) is 3.72. The summed E-state index contributed by atoms with van der Waals surface area (Å²) < 4.78 is 1.84. The van der Waals surface area contributed by atoms with E-state index in [1.54, 1.807) is 0 Å². The van der Waals surface area contributed by atoms with Gasteiger partial charge in [0.25, 0.3) is 0 Å². The summed E-state index contributed by atoms with van der Waals surface area (Å²) in [7, 11) is 0. The summed E-state index contributed by atoms with van der Waals surface area (Å²) in [6, 6.07) is 10.3. The Bertz CT molecular complexity index is 587. The van der Waals surface area contributed by atoms with Crippen molar-refractivity contribution in [2.24, 2.45) is 0 Å². The second-order valence-electron chi connectivity index (χ2n) is 5.39. The van der Waals surface area contributed by atoms with Crippen molar-refractivity contribution in [2.75, 3.05) is 13.1 Å². The molecule has 3 rings (SSSR count). The summed E-state index contributed by atoms with van der Waals surface area (Å²) in [5.74, 6) is 0.121. The van der Waals surface area contributed by atoms with Gasteiger partial charge in [0.1, 0.15) is 0 Å². The van der Waals surface area contributed by atoms with Crippen molar-refractivity contribution in [1.29, 1.82) is 0 Å². The van der Waals surface area contributed by atoms with Gasteiger partial charge in [0.2, 0.25) is 5.91 Å². The zero-order valence-corrected chi connectivity index (χ0v) is 12.0. The highest BCUT2D eigenvalue weighted by molar-refractivity contribution is 5.76. The van der Waals surface area contributed by atoms with Crippen LogP contribution in [0.3, 0.4) is 0 Å². The van der Waals surface area contributed by atoms with Crippen LogP contribution in [0.1, 0.15) is 18.4 Å². The van der Waals surface area contributed by atoms with Crippen molar-refractivity contribution in [1.82, 2.24) is 20.4 Å². The molecular formula is C16H20N4O. The third kappa shape index (κ3) is 3.70. The van der Waals surface area contributed by atoms with Crippen molar-refractivity contribution < 1.29 is 4.79 Å². The molecule has 1 amide bonds. The van der Waals surface area contributed by atoms with Crippen LogP contribution in [-0.2, 0) is 11.2 Å². The Morgan fingerprint density at radius 1 is 1.38 bits per heavy atom. The Morgan fingerprint density at radius 2 is 2.24 bits per heavy atom. The SMILES string of the molecule is O=C(CCc1cnn(-c2ccccc2)c1)NC1CCNC1. The maximum absolute atomic E-state index is 11.9. The molecule has 21 heavy (non-hydrogen) atoms. The molecule has 0 saturated carbocycles. The number of aromatic nitrogens is 2. The smallest absolute Gasteiger partial charge is 0.220 e. The number of hydrogen-bond acceptors (Lipinski definition) is 3. The molecule has 0 spiro atoms. The van der Waals surface area contributed by atoms with Crippen LogP contribution in [0.4, 0.5) is 0 Å². The van der Waals surface area contributed by atoms with Gasteiger partial charge in [0.15, 0.2) is 0 Å². The average Bonchev–Trinajstić information content (AvgIpc) is 3.17. The molecule has 1 aromatic heterocycles. The molecule has 1 unspecified atom stereocenters. The second kappa shape index (κ2) is 6.54. The summed E-state index contributed by atoms with van der Waals surface area (Å²) in [5.41, 5.74) is 2.11. The lowest BCUT2D eigenvalue weighted by molar-refractivity contribution is -0.121. The molecule has 5 heteroatoms. The number of benzene rings is 1. The van der Waals surface area contributed by atoms with Crippen LogP contribution in [-0.4, -0.2) is 34.8 Å². The van der Waals surface area contributed by atoms with Gasteiger partial charge < -0.3 is 10.6 Å². The van der Waals surface area contributed by atoms with E-state index in [4.69, 9.17) is 0 Å². The molecular weight excluding hydrogens is 264 g/mol. The van der Waals surface area contributed by atoms with Gasteiger partial charge in [-0.1, -0.05) is 18.2 Å². The van der Waals surface area contributed by atoms with Crippen LogP contribution >= 0.6 is 0 Å². The number of carbonyl (C=O) groups excluding carboxylic acids is 1. The summed E-state index contributed by atoms with van der Waals surface area (Å²) in [6.45, 7) is 1.88. The van der Waals surface area contributed by atoms with Gasteiger partial charge in [0.05, 0.1) is 11.9 Å². The van der Waals surface area contributed by atoms with E-state index in [0.29, 0.717) is 12.5 Å². The van der Waals surface area contributed by atoms with Crippen molar-refractivity contribution in [3.63, 3.8) is 0 Å². The van der Waals surface area contributed by atoms with Gasteiger partial charge in [-0.05, 0) is 37.1 Å². The van der Waals surface area contributed by atoms with E-state index in [1.165, 1.54) is 0 Å². The Labute approximate surface area is 124 Å². The molecule has 1 fully saturated rings. The number of aryl methyl sites for hydroxylation is 1. The largest absolute Gasteiger partial charge is 0.352 e. The molecule has 1 aliphatic rings. The van der Waals surface area contributed by atoms with E-state index in [-0.39, 0.29) is 5.91 Å². The molecule has 1 aromatic carbocycles. The highest BCUT2D eigenvalue weighted by Crippen LogP contribution is 2.09. The highest BCUT2D eigenvalue weighted by Gasteiger charge is 2.16. The molecule has 110 valence electrons. The van der Waals surface area contributed by atoms with Gasteiger partial charge >= 0.3 is 0 Å². The monoisotopic (exact) mass is 284 g/mol. The van der Waals surface area contributed by atoms with E-state index in [1.807, 2.05) is 47.4 Å². The molecule has 1 saturated heterocycles. The van der Waals surface area contributed by atoms with E-state index in [2.05, 4.69) is 15.7 Å². The van der Waals surface area contributed by atoms with Crippen molar-refractivity contribution in [3.05, 3.63) is 48.3 Å². The summed E-state index contributed by atoms with van der Waals surface area (Å²) in [6.07, 6.45) is 6.07.